The number of benzene rings is 1. The fraction of sp³-hybridized carbons (Fsp3) is 0.286. The van der Waals surface area contributed by atoms with Crippen LogP contribution in [0.5, 0.6) is 0 Å². The molecule has 2 aliphatic heterocycles. The highest BCUT2D eigenvalue weighted by atomic mass is 19.1. The molecule has 7 nitrogen and oxygen atoms in total. The third-order valence-electron chi connectivity index (χ3n) is 4.94. The molecule has 0 radical (unpaired) electrons. The Morgan fingerprint density at radius 2 is 2.24 bits per heavy atom. The van der Waals surface area contributed by atoms with Crippen molar-refractivity contribution in [2.75, 3.05) is 24.5 Å². The molecule has 150 valence electrons. The van der Waals surface area contributed by atoms with Gasteiger partial charge in [0, 0.05) is 37.0 Å². The zero-order valence-electron chi connectivity index (χ0n) is 15.9. The molecule has 8 heteroatoms. The Hall–Kier alpha value is -3.42. The first-order valence-electron chi connectivity index (χ1n) is 9.42. The molecule has 2 amide bonds. The first kappa shape index (κ1) is 18.9. The Bertz CT molecular complexity index is 974. The van der Waals surface area contributed by atoms with Crippen LogP contribution >= 0.6 is 0 Å². The number of halogens is 1. The number of rotatable bonds is 5. The summed E-state index contributed by atoms with van der Waals surface area (Å²) in [4.78, 5) is 28.9. The van der Waals surface area contributed by atoms with Crippen molar-refractivity contribution in [3.63, 3.8) is 0 Å². The minimum atomic E-state index is -0.558. The average molecular weight is 396 g/mol. The van der Waals surface area contributed by atoms with Gasteiger partial charge in [0.05, 0.1) is 24.5 Å². The van der Waals surface area contributed by atoms with Crippen LogP contribution in [-0.4, -0.2) is 42.7 Å². The van der Waals surface area contributed by atoms with Gasteiger partial charge in [0.1, 0.15) is 11.9 Å². The smallest absolute Gasteiger partial charge is 0.414 e. The number of ether oxygens (including phenoxy) is 1. The minimum Gasteiger partial charge on any atom is -0.442 e. The Balaban J connectivity index is 1.49. The van der Waals surface area contributed by atoms with Crippen LogP contribution in [0.25, 0.3) is 16.7 Å². The number of cyclic esters (lactones) is 1. The molecule has 0 aliphatic carbocycles. The number of hydrogen-bond donors (Lipinski definition) is 2. The van der Waals surface area contributed by atoms with Crippen LogP contribution in [0.4, 0.5) is 14.9 Å². The molecule has 1 aromatic carbocycles. The third-order valence-corrected chi connectivity index (χ3v) is 4.94. The van der Waals surface area contributed by atoms with Gasteiger partial charge in [-0.05, 0) is 36.3 Å². The molecule has 0 saturated carbocycles. The highest BCUT2D eigenvalue weighted by Crippen LogP contribution is 2.29. The van der Waals surface area contributed by atoms with Crippen molar-refractivity contribution in [3.8, 4) is 11.1 Å². The standard InChI is InChI=1S/C21H21FN4O3/c1-13(27)24-11-17-12-26(21(28)29-17)16-3-4-18(19(22)8-16)14-2-5-20(25-10-14)15-6-7-23-9-15/h2-5,8-10,17,23H,6-7,11-12H2,1H3,(H,24,27)/t17-/m0/s1. The van der Waals surface area contributed by atoms with E-state index < -0.39 is 18.0 Å². The van der Waals surface area contributed by atoms with Gasteiger partial charge in [-0.1, -0.05) is 6.07 Å². The second-order valence-corrected chi connectivity index (χ2v) is 7.02. The summed E-state index contributed by atoms with van der Waals surface area (Å²) in [5.41, 5.74) is 3.49. The van der Waals surface area contributed by atoms with Gasteiger partial charge in [0.2, 0.25) is 5.91 Å². The highest BCUT2D eigenvalue weighted by molar-refractivity contribution is 5.90. The Morgan fingerprint density at radius 1 is 1.38 bits per heavy atom. The van der Waals surface area contributed by atoms with E-state index in [-0.39, 0.29) is 19.0 Å². The molecule has 2 aromatic rings. The van der Waals surface area contributed by atoms with E-state index in [2.05, 4.69) is 15.6 Å². The van der Waals surface area contributed by atoms with Crippen LogP contribution in [0.15, 0.2) is 42.7 Å². The maximum atomic E-state index is 14.8. The summed E-state index contributed by atoms with van der Waals surface area (Å²) in [5, 5.41) is 5.77. The lowest BCUT2D eigenvalue weighted by molar-refractivity contribution is -0.119. The van der Waals surface area contributed by atoms with Gasteiger partial charge >= 0.3 is 6.09 Å². The molecular weight excluding hydrogens is 375 g/mol. The predicted octanol–water partition coefficient (Wildman–Crippen LogP) is 2.68. The van der Waals surface area contributed by atoms with Crippen LogP contribution in [0, 0.1) is 5.82 Å². The minimum absolute atomic E-state index is 0.199. The molecular formula is C21H21FN4O3. The molecule has 1 atom stereocenters. The van der Waals surface area contributed by atoms with E-state index in [0.29, 0.717) is 16.8 Å². The summed E-state index contributed by atoms with van der Waals surface area (Å²) in [7, 11) is 0. The van der Waals surface area contributed by atoms with Gasteiger partial charge in [0.15, 0.2) is 0 Å². The van der Waals surface area contributed by atoms with Crippen molar-refractivity contribution in [1.82, 2.24) is 15.6 Å². The Labute approximate surface area is 167 Å². The van der Waals surface area contributed by atoms with E-state index in [1.807, 2.05) is 18.3 Å². The quantitative estimate of drug-likeness (QED) is 0.812. The molecule has 0 unspecified atom stereocenters. The van der Waals surface area contributed by atoms with Crippen LogP contribution in [0.1, 0.15) is 19.0 Å². The number of carbonyl (C=O) groups is 2. The third kappa shape index (κ3) is 4.06. The maximum Gasteiger partial charge on any atom is 0.414 e. The van der Waals surface area contributed by atoms with E-state index in [9.17, 15) is 14.0 Å². The molecule has 29 heavy (non-hydrogen) atoms. The number of aromatic nitrogens is 1. The van der Waals surface area contributed by atoms with Gasteiger partial charge in [0.25, 0.3) is 0 Å². The van der Waals surface area contributed by atoms with Crippen molar-refractivity contribution >= 4 is 23.3 Å². The Kier molecular flexibility index (Phi) is 5.16. The molecule has 4 rings (SSSR count). The second-order valence-electron chi connectivity index (χ2n) is 7.02. The fourth-order valence-corrected chi connectivity index (χ4v) is 3.42. The van der Waals surface area contributed by atoms with Crippen LogP contribution in [-0.2, 0) is 9.53 Å². The lowest BCUT2D eigenvalue weighted by Crippen LogP contribution is -2.33. The molecule has 0 bridgehead atoms. The Morgan fingerprint density at radius 3 is 2.90 bits per heavy atom. The molecule has 1 aromatic heterocycles. The zero-order valence-corrected chi connectivity index (χ0v) is 15.9. The van der Waals surface area contributed by atoms with Crippen molar-refractivity contribution in [2.24, 2.45) is 0 Å². The predicted molar refractivity (Wildman–Crippen MR) is 107 cm³/mol. The number of anilines is 1. The summed E-state index contributed by atoms with van der Waals surface area (Å²) in [6.45, 7) is 2.77. The van der Waals surface area contributed by atoms with E-state index >= 15 is 0 Å². The van der Waals surface area contributed by atoms with E-state index in [4.69, 9.17) is 4.74 Å². The summed E-state index contributed by atoms with van der Waals surface area (Å²) < 4.78 is 20.0. The number of carbonyl (C=O) groups excluding carboxylic acids is 2. The number of nitrogens with zero attached hydrogens (tertiary/aromatic N) is 2. The molecule has 1 fully saturated rings. The van der Waals surface area contributed by atoms with E-state index in [0.717, 1.165) is 24.2 Å². The van der Waals surface area contributed by atoms with Crippen molar-refractivity contribution in [3.05, 3.63) is 54.2 Å². The number of amides is 2. The average Bonchev–Trinajstić information content (AvgIpc) is 3.36. The lowest BCUT2D eigenvalue weighted by Gasteiger charge is -2.14. The number of hydrogen-bond acceptors (Lipinski definition) is 5. The number of nitrogens with one attached hydrogen (secondary N) is 2. The normalized spacial score (nSPS) is 18.3. The number of pyridine rings is 1. The van der Waals surface area contributed by atoms with Gasteiger partial charge in [-0.15, -0.1) is 0 Å². The molecule has 1 saturated heterocycles. The highest BCUT2D eigenvalue weighted by Gasteiger charge is 2.32. The van der Waals surface area contributed by atoms with Crippen LogP contribution in [0.3, 0.4) is 0 Å². The summed E-state index contributed by atoms with van der Waals surface area (Å²) in [6, 6.07) is 8.35. The largest absolute Gasteiger partial charge is 0.442 e. The summed E-state index contributed by atoms with van der Waals surface area (Å²) >= 11 is 0. The molecule has 0 spiro atoms. The summed E-state index contributed by atoms with van der Waals surface area (Å²) in [5.74, 6) is -0.646. The van der Waals surface area contributed by atoms with Crippen LogP contribution < -0.4 is 15.5 Å². The first-order valence-corrected chi connectivity index (χ1v) is 9.42. The molecule has 2 aliphatic rings. The first-order chi connectivity index (χ1) is 14.0. The lowest BCUT2D eigenvalue weighted by atomic mass is 10.0. The van der Waals surface area contributed by atoms with Crippen molar-refractivity contribution in [1.29, 1.82) is 0 Å². The monoisotopic (exact) mass is 396 g/mol. The van der Waals surface area contributed by atoms with Crippen molar-refractivity contribution < 1.29 is 18.7 Å². The SMILES string of the molecule is CC(=O)NC[C@H]1CN(c2ccc(-c3ccc(C4=CNCC4)nc3)c(F)c2)C(=O)O1. The van der Waals surface area contributed by atoms with Gasteiger partial charge in [-0.2, -0.15) is 0 Å². The van der Waals surface area contributed by atoms with Crippen molar-refractivity contribution in [2.45, 2.75) is 19.4 Å². The van der Waals surface area contributed by atoms with Gasteiger partial charge in [-0.25, -0.2) is 9.18 Å². The van der Waals surface area contributed by atoms with Gasteiger partial charge < -0.3 is 15.4 Å². The van der Waals surface area contributed by atoms with Gasteiger partial charge in [-0.3, -0.25) is 14.7 Å². The fourth-order valence-electron chi connectivity index (χ4n) is 3.42. The molecule has 2 N–H and O–H groups in total. The summed E-state index contributed by atoms with van der Waals surface area (Å²) in [6.07, 6.45) is 3.50. The maximum absolute atomic E-state index is 14.8. The second kappa shape index (κ2) is 7.90. The van der Waals surface area contributed by atoms with E-state index in [1.54, 1.807) is 18.3 Å². The van der Waals surface area contributed by atoms with Crippen LogP contribution in [0.2, 0.25) is 0 Å². The van der Waals surface area contributed by atoms with E-state index in [1.165, 1.54) is 17.9 Å². The topological polar surface area (TPSA) is 83.6 Å². The molecule has 3 heterocycles. The zero-order chi connectivity index (χ0) is 20.4.